The first-order valence-corrected chi connectivity index (χ1v) is 14.2. The van der Waals surface area contributed by atoms with Crippen LogP contribution in [0.1, 0.15) is 41.6 Å². The number of hydrogen-bond donors (Lipinski definition) is 1. The molecule has 2 aliphatic rings. The van der Waals surface area contributed by atoms with Gasteiger partial charge in [0, 0.05) is 61.4 Å². The summed E-state index contributed by atoms with van der Waals surface area (Å²) < 4.78 is 12.4. The largest absolute Gasteiger partial charge is 0.474 e. The first-order chi connectivity index (χ1) is 19.5. The first-order valence-electron chi connectivity index (χ1n) is 14.2. The highest BCUT2D eigenvalue weighted by Gasteiger charge is 2.28. The molecule has 5 aromatic heterocycles. The lowest BCUT2D eigenvalue weighted by atomic mass is 10.1. The van der Waals surface area contributed by atoms with E-state index in [1.807, 2.05) is 44.6 Å². The van der Waals surface area contributed by atoms with Gasteiger partial charge in [0.2, 0.25) is 5.88 Å². The van der Waals surface area contributed by atoms with Gasteiger partial charge in [0.1, 0.15) is 17.8 Å². The van der Waals surface area contributed by atoms with Crippen molar-refractivity contribution in [3.63, 3.8) is 0 Å². The molecule has 0 spiro atoms. The van der Waals surface area contributed by atoms with E-state index < -0.39 is 0 Å². The summed E-state index contributed by atoms with van der Waals surface area (Å²) in [6.45, 7) is 5.54. The second-order valence-electron chi connectivity index (χ2n) is 11.2. The summed E-state index contributed by atoms with van der Waals surface area (Å²) in [4.78, 5) is 23.8. The summed E-state index contributed by atoms with van der Waals surface area (Å²) in [6.07, 6.45) is 13.5. The molecule has 1 aliphatic carbocycles. The number of pyridine rings is 2. The SMILES string of the molecule is Cc1c(-c2cc3ccnc(OCCn4ccnc4)c3n2CC2CC2)nn2cc(C(=O)N3CCC[C@@H](N)C3)ccc12. The molecule has 1 amide bonds. The van der Waals surface area contributed by atoms with Crippen molar-refractivity contribution in [2.24, 2.45) is 11.7 Å². The van der Waals surface area contributed by atoms with E-state index in [9.17, 15) is 4.79 Å². The normalized spacial score (nSPS) is 17.6. The minimum Gasteiger partial charge on any atom is -0.474 e. The molecule has 0 unspecified atom stereocenters. The van der Waals surface area contributed by atoms with Gasteiger partial charge in [-0.15, -0.1) is 0 Å². The molecule has 206 valence electrons. The molecule has 1 saturated carbocycles. The number of aromatic nitrogens is 6. The molecule has 1 saturated heterocycles. The van der Waals surface area contributed by atoms with Gasteiger partial charge < -0.3 is 24.5 Å². The maximum Gasteiger partial charge on any atom is 0.255 e. The summed E-state index contributed by atoms with van der Waals surface area (Å²) in [7, 11) is 0. The minimum absolute atomic E-state index is 0.0122. The highest BCUT2D eigenvalue weighted by atomic mass is 16.5. The number of fused-ring (bicyclic) bond motifs is 2. The molecule has 1 atom stereocenters. The van der Waals surface area contributed by atoms with Crippen LogP contribution >= 0.6 is 0 Å². The summed E-state index contributed by atoms with van der Waals surface area (Å²) in [5, 5.41) is 6.10. The van der Waals surface area contributed by atoms with E-state index in [1.54, 1.807) is 18.7 Å². The zero-order chi connectivity index (χ0) is 27.2. The van der Waals surface area contributed by atoms with Gasteiger partial charge in [0.15, 0.2) is 0 Å². The van der Waals surface area contributed by atoms with Crippen LogP contribution in [0.5, 0.6) is 5.88 Å². The standard InChI is InChI=1S/C30H34N8O2/c1-20-25-7-6-23(30(39)36-11-2-3-24(31)18-36)17-38(25)34-27(20)26-15-22-8-9-33-29(28(22)37(26)16-21-4-5-21)40-14-13-35-12-10-32-19-35/h6-10,12,15,17,19,21,24H,2-5,11,13-14,16,18,31H2,1H3/t24-/m1/s1. The van der Waals surface area contributed by atoms with Gasteiger partial charge in [-0.25, -0.2) is 14.5 Å². The Kier molecular flexibility index (Phi) is 6.27. The molecule has 2 fully saturated rings. The van der Waals surface area contributed by atoms with E-state index in [-0.39, 0.29) is 11.9 Å². The first kappa shape index (κ1) is 24.8. The Labute approximate surface area is 232 Å². The van der Waals surface area contributed by atoms with E-state index in [4.69, 9.17) is 15.6 Å². The number of amides is 1. The number of carbonyl (C=O) groups excluding carboxylic acids is 1. The fourth-order valence-corrected chi connectivity index (χ4v) is 5.82. The third-order valence-corrected chi connectivity index (χ3v) is 8.17. The van der Waals surface area contributed by atoms with Crippen LogP contribution in [0.3, 0.4) is 0 Å². The lowest BCUT2D eigenvalue weighted by molar-refractivity contribution is 0.0708. The Hall–Kier alpha value is -4.18. The van der Waals surface area contributed by atoms with Gasteiger partial charge in [0.25, 0.3) is 5.91 Å². The number of nitrogens with zero attached hydrogens (tertiary/aromatic N) is 7. The fourth-order valence-electron chi connectivity index (χ4n) is 5.82. The lowest BCUT2D eigenvalue weighted by Gasteiger charge is -2.30. The summed E-state index contributed by atoms with van der Waals surface area (Å²) in [5.74, 6) is 1.29. The molecule has 0 radical (unpaired) electrons. The third kappa shape index (κ3) is 4.62. The van der Waals surface area contributed by atoms with Crippen molar-refractivity contribution in [1.82, 2.24) is 33.6 Å². The van der Waals surface area contributed by atoms with Gasteiger partial charge in [-0.1, -0.05) is 0 Å². The Morgan fingerprint density at radius 2 is 2.08 bits per heavy atom. The number of likely N-dealkylation sites (tertiary alicyclic amines) is 1. The monoisotopic (exact) mass is 538 g/mol. The van der Waals surface area contributed by atoms with E-state index in [2.05, 4.69) is 27.5 Å². The summed E-state index contributed by atoms with van der Waals surface area (Å²) >= 11 is 0. The summed E-state index contributed by atoms with van der Waals surface area (Å²) in [5.41, 5.74) is 11.8. The smallest absolute Gasteiger partial charge is 0.255 e. The molecule has 10 heteroatoms. The van der Waals surface area contributed by atoms with Crippen LogP contribution in [0.15, 0.2) is 55.4 Å². The van der Waals surface area contributed by atoms with Gasteiger partial charge in [-0.3, -0.25) is 4.79 Å². The average molecular weight is 539 g/mol. The van der Waals surface area contributed by atoms with Crippen molar-refractivity contribution in [2.75, 3.05) is 19.7 Å². The van der Waals surface area contributed by atoms with E-state index in [0.29, 0.717) is 37.1 Å². The van der Waals surface area contributed by atoms with Crippen LogP contribution in [-0.4, -0.2) is 65.3 Å². The van der Waals surface area contributed by atoms with Crippen molar-refractivity contribution in [3.05, 3.63) is 66.5 Å². The number of aryl methyl sites for hydroxylation is 1. The Balaban J connectivity index is 1.25. The van der Waals surface area contributed by atoms with Crippen LogP contribution in [0.2, 0.25) is 0 Å². The Morgan fingerprint density at radius 1 is 1.18 bits per heavy atom. The molecule has 10 nitrogen and oxygen atoms in total. The molecule has 6 heterocycles. The van der Waals surface area contributed by atoms with Crippen LogP contribution in [0, 0.1) is 12.8 Å². The Bertz CT molecular complexity index is 1680. The molecule has 0 bridgehead atoms. The molecule has 0 aromatic carbocycles. The maximum absolute atomic E-state index is 13.2. The fraction of sp³-hybridized carbons (Fsp3) is 0.400. The number of carbonyl (C=O) groups is 1. The highest BCUT2D eigenvalue weighted by molar-refractivity contribution is 5.95. The van der Waals surface area contributed by atoms with Gasteiger partial charge in [0.05, 0.1) is 29.6 Å². The number of nitrogens with two attached hydrogens (primary N) is 1. The lowest BCUT2D eigenvalue weighted by Crippen LogP contribution is -2.45. The third-order valence-electron chi connectivity index (χ3n) is 8.17. The predicted octanol–water partition coefficient (Wildman–Crippen LogP) is 3.91. The maximum atomic E-state index is 13.2. The predicted molar refractivity (Wildman–Crippen MR) is 152 cm³/mol. The molecule has 1 aliphatic heterocycles. The van der Waals surface area contributed by atoms with Crippen LogP contribution < -0.4 is 10.5 Å². The average Bonchev–Trinajstić information content (AvgIpc) is 3.33. The Morgan fingerprint density at radius 3 is 2.88 bits per heavy atom. The zero-order valence-electron chi connectivity index (χ0n) is 22.7. The summed E-state index contributed by atoms with van der Waals surface area (Å²) in [6, 6.07) is 8.19. The van der Waals surface area contributed by atoms with Gasteiger partial charge >= 0.3 is 0 Å². The second kappa shape index (κ2) is 10.1. The number of imidazole rings is 1. The van der Waals surface area contributed by atoms with Gasteiger partial charge in [-0.2, -0.15) is 5.10 Å². The quantitative estimate of drug-likeness (QED) is 0.321. The van der Waals surface area contributed by atoms with Crippen molar-refractivity contribution < 1.29 is 9.53 Å². The zero-order valence-corrected chi connectivity index (χ0v) is 22.7. The van der Waals surface area contributed by atoms with E-state index >= 15 is 0 Å². The molecule has 2 N–H and O–H groups in total. The minimum atomic E-state index is 0.0122. The van der Waals surface area contributed by atoms with Crippen LogP contribution in [0.4, 0.5) is 0 Å². The topological polar surface area (TPSA) is 108 Å². The number of ether oxygens (including phenoxy) is 1. The van der Waals surface area contributed by atoms with Crippen molar-refractivity contribution in [1.29, 1.82) is 0 Å². The molecule has 7 rings (SSSR count). The van der Waals surface area contributed by atoms with Crippen molar-refractivity contribution in [2.45, 2.75) is 51.7 Å². The van der Waals surface area contributed by atoms with Crippen LogP contribution in [0.25, 0.3) is 27.8 Å². The van der Waals surface area contributed by atoms with E-state index in [1.165, 1.54) is 12.8 Å². The molecular formula is C30H34N8O2. The molecule has 5 aromatic rings. The van der Waals surface area contributed by atoms with Crippen molar-refractivity contribution in [3.8, 4) is 17.3 Å². The molecular weight excluding hydrogens is 504 g/mol. The number of piperidine rings is 1. The number of rotatable bonds is 8. The van der Waals surface area contributed by atoms with Crippen LogP contribution in [-0.2, 0) is 13.1 Å². The van der Waals surface area contributed by atoms with E-state index in [0.717, 1.165) is 59.3 Å². The van der Waals surface area contributed by atoms with Crippen molar-refractivity contribution >= 4 is 22.3 Å². The molecule has 40 heavy (non-hydrogen) atoms. The van der Waals surface area contributed by atoms with Gasteiger partial charge in [-0.05, 0) is 62.8 Å². The second-order valence-corrected chi connectivity index (χ2v) is 11.2. The highest BCUT2D eigenvalue weighted by Crippen LogP contribution is 2.39. The number of hydrogen-bond acceptors (Lipinski definition) is 6.